The largest absolute Gasteiger partial charge is 0.495 e. The van der Waals surface area contributed by atoms with Gasteiger partial charge in [-0.1, -0.05) is 62.4 Å². The number of sulfonamides is 1. The van der Waals surface area contributed by atoms with Gasteiger partial charge in [0.15, 0.2) is 5.76 Å². The van der Waals surface area contributed by atoms with E-state index in [1.165, 1.54) is 23.5 Å². The van der Waals surface area contributed by atoms with Crippen LogP contribution in [0.4, 0.5) is 11.7 Å². The minimum absolute atomic E-state index is 0.168. The van der Waals surface area contributed by atoms with E-state index in [4.69, 9.17) is 9.15 Å². The molecule has 1 aromatic heterocycles. The summed E-state index contributed by atoms with van der Waals surface area (Å²) in [4.78, 5) is 4.50. The van der Waals surface area contributed by atoms with Crippen molar-refractivity contribution in [3.63, 3.8) is 0 Å². The Hall–Kier alpha value is -3.62. The number of methoxy groups -OCH3 is 1. The Balaban J connectivity index is 1.62. The van der Waals surface area contributed by atoms with Crippen molar-refractivity contribution >= 4 is 21.7 Å². The van der Waals surface area contributed by atoms with E-state index in [1.807, 2.05) is 56.3 Å². The summed E-state index contributed by atoms with van der Waals surface area (Å²) in [6.45, 7) is 4.40. The average Bonchev–Trinajstić information content (AvgIpc) is 3.34. The molecule has 0 spiro atoms. The van der Waals surface area contributed by atoms with E-state index in [9.17, 15) is 8.42 Å². The van der Waals surface area contributed by atoms with Gasteiger partial charge in [-0.25, -0.2) is 13.4 Å². The van der Waals surface area contributed by atoms with Crippen LogP contribution in [-0.2, 0) is 10.0 Å². The highest BCUT2D eigenvalue weighted by molar-refractivity contribution is 7.89. The summed E-state index contributed by atoms with van der Waals surface area (Å²) >= 11 is 0. The van der Waals surface area contributed by atoms with E-state index >= 15 is 0 Å². The number of ether oxygens (including phenoxy) is 1. The lowest BCUT2D eigenvalue weighted by molar-refractivity contribution is 0.415. The normalized spacial score (nSPS) is 11.5. The number of oxazole rings is 1. The van der Waals surface area contributed by atoms with Crippen molar-refractivity contribution in [2.24, 2.45) is 0 Å². The van der Waals surface area contributed by atoms with Crippen LogP contribution in [0.3, 0.4) is 0 Å². The number of nitrogens with one attached hydrogen (secondary N) is 1. The molecule has 0 radical (unpaired) electrons. The van der Waals surface area contributed by atoms with Gasteiger partial charge in [0.25, 0.3) is 6.01 Å². The molecule has 0 aliphatic heterocycles. The number of anilines is 2. The van der Waals surface area contributed by atoms with Gasteiger partial charge in [-0.2, -0.15) is 4.31 Å². The number of aromatic nitrogens is 1. The van der Waals surface area contributed by atoms with Gasteiger partial charge in [0.2, 0.25) is 10.0 Å². The van der Waals surface area contributed by atoms with Crippen LogP contribution < -0.4 is 10.1 Å². The topological polar surface area (TPSA) is 84.7 Å². The van der Waals surface area contributed by atoms with Gasteiger partial charge in [0.1, 0.15) is 5.75 Å². The fourth-order valence-corrected chi connectivity index (χ4v) is 5.21. The van der Waals surface area contributed by atoms with Gasteiger partial charge >= 0.3 is 0 Å². The summed E-state index contributed by atoms with van der Waals surface area (Å²) in [6.07, 6.45) is 1.63. The molecule has 4 aromatic rings. The zero-order valence-electron chi connectivity index (χ0n) is 19.4. The molecule has 7 nitrogen and oxygen atoms in total. The zero-order valence-corrected chi connectivity index (χ0v) is 20.2. The van der Waals surface area contributed by atoms with Crippen LogP contribution in [0.2, 0.25) is 0 Å². The Morgan fingerprint density at radius 3 is 2.32 bits per heavy atom. The molecular weight excluding hydrogens is 450 g/mol. The first-order chi connectivity index (χ1) is 16.5. The molecule has 0 saturated heterocycles. The first-order valence-corrected chi connectivity index (χ1v) is 12.5. The van der Waals surface area contributed by atoms with Crippen molar-refractivity contribution in [2.75, 3.05) is 25.5 Å². The summed E-state index contributed by atoms with van der Waals surface area (Å²) in [6, 6.07) is 23.0. The molecule has 176 valence electrons. The quantitative estimate of drug-likeness (QED) is 0.328. The number of nitrogens with zero attached hydrogens (tertiary/aromatic N) is 2. The van der Waals surface area contributed by atoms with Crippen LogP contribution in [0.15, 0.2) is 88.3 Å². The van der Waals surface area contributed by atoms with Gasteiger partial charge < -0.3 is 14.5 Å². The fraction of sp³-hybridized carbons (Fsp3) is 0.192. The summed E-state index contributed by atoms with van der Waals surface area (Å²) in [5, 5.41) is 3.06. The van der Waals surface area contributed by atoms with Gasteiger partial charge in [0.05, 0.1) is 23.9 Å². The number of rotatable bonds is 9. The smallest absolute Gasteiger partial charge is 0.299 e. The van der Waals surface area contributed by atoms with E-state index in [1.54, 1.807) is 12.3 Å². The summed E-state index contributed by atoms with van der Waals surface area (Å²) in [5.74, 6) is 1.07. The molecule has 8 heteroatoms. The predicted octanol–water partition coefficient (Wildman–Crippen LogP) is 5.79. The van der Waals surface area contributed by atoms with Crippen molar-refractivity contribution in [2.45, 2.75) is 18.7 Å². The lowest BCUT2D eigenvalue weighted by atomic mass is 10.0. The zero-order chi connectivity index (χ0) is 24.1. The fourth-order valence-electron chi connectivity index (χ4n) is 3.72. The third kappa shape index (κ3) is 4.83. The average molecular weight is 478 g/mol. The van der Waals surface area contributed by atoms with Crippen LogP contribution >= 0.6 is 0 Å². The highest BCUT2D eigenvalue weighted by Crippen LogP contribution is 2.33. The van der Waals surface area contributed by atoms with Crippen molar-refractivity contribution in [1.82, 2.24) is 9.29 Å². The number of hydrogen-bond donors (Lipinski definition) is 1. The Labute approximate surface area is 200 Å². The Morgan fingerprint density at radius 2 is 1.62 bits per heavy atom. The molecule has 0 fully saturated rings. The predicted molar refractivity (Wildman–Crippen MR) is 134 cm³/mol. The SMILES string of the molecule is CCN(CC)S(=O)(=O)c1ccc(OC)c(Nc2ncc(-c3cccc(-c4ccccc4)c3)o2)c1. The van der Waals surface area contributed by atoms with Crippen LogP contribution in [0.25, 0.3) is 22.5 Å². The van der Waals surface area contributed by atoms with Gasteiger partial charge in [-0.15, -0.1) is 0 Å². The molecule has 1 N–H and O–H groups in total. The Morgan fingerprint density at radius 1 is 0.912 bits per heavy atom. The van der Waals surface area contributed by atoms with Crippen LogP contribution in [0.5, 0.6) is 5.75 Å². The Bertz CT molecular complexity index is 1360. The molecule has 0 unspecified atom stereocenters. The van der Waals surface area contributed by atoms with Crippen molar-refractivity contribution in [1.29, 1.82) is 0 Å². The van der Waals surface area contributed by atoms with Crippen LogP contribution in [0.1, 0.15) is 13.8 Å². The third-order valence-corrected chi connectivity index (χ3v) is 7.56. The molecule has 0 aliphatic carbocycles. The second-order valence-corrected chi connectivity index (χ2v) is 9.49. The molecule has 0 atom stereocenters. The van der Waals surface area contributed by atoms with E-state index in [0.29, 0.717) is 30.3 Å². The lowest BCUT2D eigenvalue weighted by Crippen LogP contribution is -2.30. The Kier molecular flexibility index (Phi) is 7.00. The summed E-state index contributed by atoms with van der Waals surface area (Å²) < 4.78 is 38.7. The van der Waals surface area contributed by atoms with Crippen molar-refractivity contribution in [3.8, 4) is 28.2 Å². The minimum atomic E-state index is -3.62. The minimum Gasteiger partial charge on any atom is -0.495 e. The molecule has 1 heterocycles. The molecule has 0 bridgehead atoms. The highest BCUT2D eigenvalue weighted by Gasteiger charge is 2.23. The maximum absolute atomic E-state index is 13.0. The van der Waals surface area contributed by atoms with Gasteiger partial charge in [0, 0.05) is 18.7 Å². The molecule has 3 aromatic carbocycles. The molecule has 0 saturated carbocycles. The van der Waals surface area contributed by atoms with E-state index < -0.39 is 10.0 Å². The molecule has 34 heavy (non-hydrogen) atoms. The standard InChI is InChI=1S/C26H27N3O4S/c1-4-29(5-2)34(30,31)22-14-15-24(32-3)23(17-22)28-26-27-18-25(33-26)21-13-9-12-20(16-21)19-10-7-6-8-11-19/h6-18H,4-5H2,1-3H3,(H,27,28). The maximum Gasteiger partial charge on any atom is 0.299 e. The maximum atomic E-state index is 13.0. The first-order valence-electron chi connectivity index (χ1n) is 11.0. The molecule has 0 aliphatic rings. The van der Waals surface area contributed by atoms with Crippen molar-refractivity contribution < 1.29 is 17.6 Å². The van der Waals surface area contributed by atoms with E-state index in [-0.39, 0.29) is 10.9 Å². The third-order valence-electron chi connectivity index (χ3n) is 5.52. The van der Waals surface area contributed by atoms with Gasteiger partial charge in [-0.3, -0.25) is 0 Å². The van der Waals surface area contributed by atoms with Crippen molar-refractivity contribution in [3.05, 3.63) is 79.0 Å². The second kappa shape index (κ2) is 10.1. The first kappa shape index (κ1) is 23.5. The lowest BCUT2D eigenvalue weighted by Gasteiger charge is -2.19. The van der Waals surface area contributed by atoms with Crippen LogP contribution in [0, 0.1) is 0 Å². The summed E-state index contributed by atoms with van der Waals surface area (Å²) in [5.41, 5.74) is 3.51. The second-order valence-electron chi connectivity index (χ2n) is 7.55. The molecule has 4 rings (SSSR count). The highest BCUT2D eigenvalue weighted by atomic mass is 32.2. The van der Waals surface area contributed by atoms with Gasteiger partial charge in [-0.05, 0) is 35.4 Å². The van der Waals surface area contributed by atoms with Crippen LogP contribution in [-0.4, -0.2) is 37.9 Å². The monoisotopic (exact) mass is 477 g/mol. The molecular formula is C26H27N3O4S. The molecule has 0 amide bonds. The number of hydrogen-bond acceptors (Lipinski definition) is 6. The number of benzene rings is 3. The summed E-state index contributed by atoms with van der Waals surface area (Å²) in [7, 11) is -2.10. The van der Waals surface area contributed by atoms with E-state index in [0.717, 1.165) is 16.7 Å². The van der Waals surface area contributed by atoms with E-state index in [2.05, 4.69) is 22.4 Å².